The van der Waals surface area contributed by atoms with Crippen molar-refractivity contribution in [2.75, 3.05) is 38.1 Å². The molecule has 0 spiro atoms. The van der Waals surface area contributed by atoms with Gasteiger partial charge >= 0.3 is 0 Å². The van der Waals surface area contributed by atoms with Crippen LogP contribution in [-0.2, 0) is 4.43 Å². The number of hydrogen-bond donors (Lipinski definition) is 1. The number of alkyl halides is 1. The number of amides is 1. The van der Waals surface area contributed by atoms with E-state index in [1.807, 2.05) is 6.07 Å². The molecule has 1 aliphatic heterocycles. The normalized spacial score (nSPS) is 16.9. The van der Waals surface area contributed by atoms with Crippen LogP contribution in [0.4, 0.5) is 5.82 Å². The molecule has 0 radical (unpaired) electrons. The number of anilines is 1. The average Bonchev–Trinajstić information content (AvgIpc) is 2.38. The van der Waals surface area contributed by atoms with Gasteiger partial charge < -0.3 is 15.5 Å². The molecule has 0 bridgehead atoms. The molecule has 1 aromatic rings. The van der Waals surface area contributed by atoms with Gasteiger partial charge in [0.05, 0.1) is 5.56 Å². The van der Waals surface area contributed by atoms with Gasteiger partial charge in [-0.1, -0.05) is 22.6 Å². The number of likely N-dealkylation sites (N-methyl/N-ethyl adjacent to an activating group) is 1. The van der Waals surface area contributed by atoms with Crippen LogP contribution in [0.25, 0.3) is 0 Å². The minimum atomic E-state index is -0.404. The Balaban J connectivity index is 2.22. The Morgan fingerprint density at radius 3 is 2.67 bits per heavy atom. The Labute approximate surface area is 120 Å². The molecule has 6 heteroatoms. The van der Waals surface area contributed by atoms with Crippen molar-refractivity contribution >= 4 is 34.3 Å². The number of halogens is 1. The SMILES string of the molecule is CN1CCN(c2cc(CI)c(C(N)=O)cn2)CC1. The molecule has 0 unspecified atom stereocenters. The van der Waals surface area contributed by atoms with Gasteiger partial charge in [0.15, 0.2) is 0 Å². The first kappa shape index (κ1) is 13.5. The highest BCUT2D eigenvalue weighted by Gasteiger charge is 2.17. The molecule has 98 valence electrons. The maximum atomic E-state index is 11.3. The second-order valence-corrected chi connectivity index (χ2v) is 5.25. The van der Waals surface area contributed by atoms with Crippen LogP contribution in [0.3, 0.4) is 0 Å². The molecule has 2 N–H and O–H groups in total. The molecule has 18 heavy (non-hydrogen) atoms. The lowest BCUT2D eigenvalue weighted by Crippen LogP contribution is -2.44. The Hall–Kier alpha value is -0.890. The van der Waals surface area contributed by atoms with Gasteiger partial charge in [-0.25, -0.2) is 4.98 Å². The number of rotatable bonds is 3. The van der Waals surface area contributed by atoms with E-state index in [9.17, 15) is 4.79 Å². The molecule has 1 saturated heterocycles. The number of hydrogen-bond acceptors (Lipinski definition) is 4. The minimum absolute atomic E-state index is 0.404. The van der Waals surface area contributed by atoms with Crippen LogP contribution in [0.1, 0.15) is 15.9 Å². The van der Waals surface area contributed by atoms with Crippen molar-refractivity contribution in [1.29, 1.82) is 0 Å². The largest absolute Gasteiger partial charge is 0.366 e. The molecule has 1 fully saturated rings. The molecule has 0 aromatic carbocycles. The van der Waals surface area contributed by atoms with Crippen LogP contribution in [0.2, 0.25) is 0 Å². The van der Waals surface area contributed by atoms with E-state index in [1.165, 1.54) is 0 Å². The number of aromatic nitrogens is 1. The van der Waals surface area contributed by atoms with Crippen LogP contribution in [0, 0.1) is 0 Å². The quantitative estimate of drug-likeness (QED) is 0.642. The van der Waals surface area contributed by atoms with Crippen molar-refractivity contribution in [3.63, 3.8) is 0 Å². The zero-order valence-electron chi connectivity index (χ0n) is 10.4. The lowest BCUT2D eigenvalue weighted by Gasteiger charge is -2.33. The molecule has 1 aliphatic rings. The molecule has 0 saturated carbocycles. The topological polar surface area (TPSA) is 62.5 Å². The maximum absolute atomic E-state index is 11.3. The second-order valence-electron chi connectivity index (χ2n) is 4.49. The van der Waals surface area contributed by atoms with Crippen molar-refractivity contribution in [2.24, 2.45) is 5.73 Å². The predicted octanol–water partition coefficient (Wildman–Crippen LogP) is 0.867. The Kier molecular flexibility index (Phi) is 4.39. The number of carbonyl (C=O) groups excluding carboxylic acids is 1. The van der Waals surface area contributed by atoms with E-state index in [-0.39, 0.29) is 0 Å². The van der Waals surface area contributed by atoms with Gasteiger partial charge in [0, 0.05) is 36.8 Å². The molecule has 5 nitrogen and oxygen atoms in total. The van der Waals surface area contributed by atoms with E-state index in [2.05, 4.69) is 44.4 Å². The van der Waals surface area contributed by atoms with E-state index in [0.717, 1.165) is 42.0 Å². The third-order valence-corrected chi connectivity index (χ3v) is 4.03. The van der Waals surface area contributed by atoms with Crippen molar-refractivity contribution in [2.45, 2.75) is 4.43 Å². The van der Waals surface area contributed by atoms with Crippen molar-refractivity contribution < 1.29 is 4.79 Å². The minimum Gasteiger partial charge on any atom is -0.366 e. The Morgan fingerprint density at radius 1 is 1.44 bits per heavy atom. The van der Waals surface area contributed by atoms with Crippen LogP contribution in [0.15, 0.2) is 12.3 Å². The fourth-order valence-corrected chi connectivity index (χ4v) is 2.66. The number of nitrogens with zero attached hydrogens (tertiary/aromatic N) is 3. The number of pyridine rings is 1. The smallest absolute Gasteiger partial charge is 0.250 e. The summed E-state index contributed by atoms with van der Waals surface area (Å²) in [5.74, 6) is 0.541. The number of nitrogens with two attached hydrogens (primary N) is 1. The molecular weight excluding hydrogens is 343 g/mol. The molecule has 1 amide bonds. The highest BCUT2D eigenvalue weighted by Crippen LogP contribution is 2.19. The molecular formula is C12H17IN4O. The summed E-state index contributed by atoms with van der Waals surface area (Å²) < 4.78 is 0.763. The summed E-state index contributed by atoms with van der Waals surface area (Å²) in [7, 11) is 2.12. The van der Waals surface area contributed by atoms with Gasteiger partial charge in [0.25, 0.3) is 5.91 Å². The molecule has 0 atom stereocenters. The monoisotopic (exact) mass is 360 g/mol. The first-order valence-electron chi connectivity index (χ1n) is 5.90. The lowest BCUT2D eigenvalue weighted by atomic mass is 10.1. The molecule has 2 rings (SSSR count). The maximum Gasteiger partial charge on any atom is 0.250 e. The first-order valence-corrected chi connectivity index (χ1v) is 7.42. The number of piperazine rings is 1. The van der Waals surface area contributed by atoms with Crippen LogP contribution < -0.4 is 10.6 Å². The van der Waals surface area contributed by atoms with Crippen molar-refractivity contribution in [1.82, 2.24) is 9.88 Å². The van der Waals surface area contributed by atoms with Gasteiger partial charge in [0.1, 0.15) is 5.82 Å². The van der Waals surface area contributed by atoms with Gasteiger partial charge in [-0.2, -0.15) is 0 Å². The van der Waals surface area contributed by atoms with Gasteiger partial charge in [-0.15, -0.1) is 0 Å². The van der Waals surface area contributed by atoms with Gasteiger partial charge in [-0.05, 0) is 18.7 Å². The van der Waals surface area contributed by atoms with Crippen molar-refractivity contribution in [3.05, 3.63) is 23.4 Å². The number of primary amides is 1. The predicted molar refractivity (Wildman–Crippen MR) is 80.2 cm³/mol. The summed E-state index contributed by atoms with van der Waals surface area (Å²) in [6.07, 6.45) is 1.60. The second kappa shape index (κ2) is 5.83. The first-order chi connectivity index (χ1) is 8.61. The summed E-state index contributed by atoms with van der Waals surface area (Å²) in [5, 5.41) is 0. The third kappa shape index (κ3) is 2.92. The standard InChI is InChI=1S/C12H17IN4O/c1-16-2-4-17(5-3-16)11-6-9(7-13)10(8-15-11)12(14)18/h6,8H,2-5,7H2,1H3,(H2,14,18). The van der Waals surface area contributed by atoms with E-state index < -0.39 is 5.91 Å². The van der Waals surface area contributed by atoms with Crippen molar-refractivity contribution in [3.8, 4) is 0 Å². The zero-order valence-corrected chi connectivity index (χ0v) is 12.6. The van der Waals surface area contributed by atoms with E-state index in [0.29, 0.717) is 5.56 Å². The summed E-state index contributed by atoms with van der Waals surface area (Å²) in [6.45, 7) is 4.03. The van der Waals surface area contributed by atoms with E-state index in [1.54, 1.807) is 6.20 Å². The number of carbonyl (C=O) groups is 1. The van der Waals surface area contributed by atoms with E-state index >= 15 is 0 Å². The van der Waals surface area contributed by atoms with Crippen LogP contribution >= 0.6 is 22.6 Å². The van der Waals surface area contributed by atoms with Gasteiger partial charge in [-0.3, -0.25) is 4.79 Å². The van der Waals surface area contributed by atoms with E-state index in [4.69, 9.17) is 5.73 Å². The molecule has 0 aliphatic carbocycles. The van der Waals surface area contributed by atoms with Gasteiger partial charge in [0.2, 0.25) is 0 Å². The summed E-state index contributed by atoms with van der Waals surface area (Å²) in [5.41, 5.74) is 6.83. The Morgan fingerprint density at radius 2 is 2.11 bits per heavy atom. The average molecular weight is 360 g/mol. The highest BCUT2D eigenvalue weighted by atomic mass is 127. The lowest BCUT2D eigenvalue weighted by molar-refractivity contribution is 0.0999. The highest BCUT2D eigenvalue weighted by molar-refractivity contribution is 14.1. The summed E-state index contributed by atoms with van der Waals surface area (Å²) in [4.78, 5) is 20.2. The third-order valence-electron chi connectivity index (χ3n) is 3.21. The van der Waals surface area contributed by atoms with Crippen LogP contribution in [0.5, 0.6) is 0 Å². The molecule has 1 aromatic heterocycles. The van der Waals surface area contributed by atoms with Crippen LogP contribution in [-0.4, -0.2) is 49.0 Å². The molecule has 2 heterocycles. The zero-order chi connectivity index (χ0) is 13.1. The summed E-state index contributed by atoms with van der Waals surface area (Å²) in [6, 6.07) is 1.98. The fourth-order valence-electron chi connectivity index (χ4n) is 2.03. The fraction of sp³-hybridized carbons (Fsp3) is 0.500. The Bertz CT molecular complexity index is 444. The summed E-state index contributed by atoms with van der Waals surface area (Å²) >= 11 is 2.24.